The highest BCUT2D eigenvalue weighted by Crippen LogP contribution is 2.30. The molecular formula is C16H17F3N4O3. The predicted molar refractivity (Wildman–Crippen MR) is 85.1 cm³/mol. The largest absolute Gasteiger partial charge is 0.416 e. The van der Waals surface area contributed by atoms with E-state index in [0.29, 0.717) is 0 Å². The van der Waals surface area contributed by atoms with Crippen LogP contribution in [0.5, 0.6) is 0 Å². The molecule has 0 radical (unpaired) electrons. The number of benzene rings is 1. The Morgan fingerprint density at radius 2 is 2.04 bits per heavy atom. The van der Waals surface area contributed by atoms with Crippen molar-refractivity contribution >= 4 is 23.5 Å². The van der Waals surface area contributed by atoms with Crippen LogP contribution in [0.2, 0.25) is 0 Å². The van der Waals surface area contributed by atoms with Crippen LogP contribution in [0.25, 0.3) is 0 Å². The molecule has 0 aliphatic carbocycles. The highest BCUT2D eigenvalue weighted by Gasteiger charge is 2.45. The van der Waals surface area contributed by atoms with Crippen LogP contribution in [-0.2, 0) is 15.8 Å². The molecule has 2 heterocycles. The van der Waals surface area contributed by atoms with Gasteiger partial charge in [-0.2, -0.15) is 13.2 Å². The van der Waals surface area contributed by atoms with E-state index in [1.165, 1.54) is 17.0 Å². The molecule has 2 fully saturated rings. The molecule has 3 N–H and O–H groups in total. The Labute approximate surface area is 146 Å². The fraction of sp³-hybridized carbons (Fsp3) is 0.438. The van der Waals surface area contributed by atoms with Gasteiger partial charge in [0.1, 0.15) is 12.1 Å². The second-order valence-electron chi connectivity index (χ2n) is 6.35. The van der Waals surface area contributed by atoms with Crippen molar-refractivity contribution in [2.24, 2.45) is 0 Å². The van der Waals surface area contributed by atoms with Gasteiger partial charge in [-0.25, -0.2) is 4.79 Å². The lowest BCUT2D eigenvalue weighted by atomic mass is 10.1. The van der Waals surface area contributed by atoms with E-state index < -0.39 is 35.9 Å². The smallest absolute Gasteiger partial charge is 0.343 e. The minimum Gasteiger partial charge on any atom is -0.343 e. The summed E-state index contributed by atoms with van der Waals surface area (Å²) < 4.78 is 38.1. The molecule has 26 heavy (non-hydrogen) atoms. The number of amides is 4. The molecule has 0 aromatic heterocycles. The number of nitrogens with zero attached hydrogens (tertiary/aromatic N) is 1. The van der Waals surface area contributed by atoms with Crippen molar-refractivity contribution in [3.63, 3.8) is 0 Å². The predicted octanol–water partition coefficient (Wildman–Crippen LogP) is 1.31. The Morgan fingerprint density at radius 1 is 1.31 bits per heavy atom. The molecular weight excluding hydrogens is 353 g/mol. The maximum absolute atomic E-state index is 12.7. The maximum atomic E-state index is 12.7. The van der Waals surface area contributed by atoms with Gasteiger partial charge in [0, 0.05) is 12.2 Å². The number of halogens is 3. The second kappa shape index (κ2) is 6.50. The SMILES string of the molecule is C[C@@H]1NC(=O)[C@@H]2C[C@H](NC(=O)Nc3cccc(C(F)(F)F)c3)CN2C1=O. The minimum atomic E-state index is -4.51. The molecule has 0 bridgehead atoms. The molecule has 2 saturated heterocycles. The fourth-order valence-corrected chi connectivity index (χ4v) is 3.18. The van der Waals surface area contributed by atoms with E-state index in [2.05, 4.69) is 16.0 Å². The summed E-state index contributed by atoms with van der Waals surface area (Å²) in [4.78, 5) is 37.5. The van der Waals surface area contributed by atoms with E-state index in [1.54, 1.807) is 6.92 Å². The van der Waals surface area contributed by atoms with Gasteiger partial charge >= 0.3 is 12.2 Å². The summed E-state index contributed by atoms with van der Waals surface area (Å²) in [6, 6.07) is 1.85. The average molecular weight is 370 g/mol. The third-order valence-electron chi connectivity index (χ3n) is 4.40. The number of nitrogens with one attached hydrogen (secondary N) is 3. The summed E-state index contributed by atoms with van der Waals surface area (Å²) in [6.07, 6.45) is -4.26. The van der Waals surface area contributed by atoms with Gasteiger partial charge in [0.25, 0.3) is 0 Å². The number of rotatable bonds is 2. The molecule has 0 unspecified atom stereocenters. The molecule has 0 saturated carbocycles. The van der Waals surface area contributed by atoms with Gasteiger partial charge in [0.15, 0.2) is 0 Å². The molecule has 1 aromatic carbocycles. The Hall–Kier alpha value is -2.78. The van der Waals surface area contributed by atoms with Gasteiger partial charge in [0.05, 0.1) is 11.6 Å². The monoisotopic (exact) mass is 370 g/mol. The number of hydrogen-bond donors (Lipinski definition) is 3. The lowest BCUT2D eigenvalue weighted by Gasteiger charge is -2.32. The molecule has 3 rings (SSSR count). The molecule has 2 aliphatic heterocycles. The lowest BCUT2D eigenvalue weighted by Crippen LogP contribution is -2.60. The highest BCUT2D eigenvalue weighted by molar-refractivity contribution is 5.97. The number of urea groups is 1. The zero-order valence-corrected chi connectivity index (χ0v) is 13.8. The highest BCUT2D eigenvalue weighted by atomic mass is 19.4. The summed E-state index contributed by atoms with van der Waals surface area (Å²) in [5.41, 5.74) is -0.875. The average Bonchev–Trinajstić information content (AvgIpc) is 2.96. The van der Waals surface area contributed by atoms with Crippen LogP contribution in [0, 0.1) is 0 Å². The van der Waals surface area contributed by atoms with Gasteiger partial charge < -0.3 is 20.9 Å². The standard InChI is InChI=1S/C16H17F3N4O3/c1-8-14(25)23-7-11(6-12(23)13(24)20-8)22-15(26)21-10-4-2-3-9(5-10)16(17,18)19/h2-5,8,11-12H,6-7H2,1H3,(H,20,24)(H2,21,22,26)/t8-,11-,12-/m0/s1. The number of carbonyl (C=O) groups is 3. The summed E-state index contributed by atoms with van der Waals surface area (Å²) >= 11 is 0. The van der Waals surface area contributed by atoms with Crippen LogP contribution in [0.1, 0.15) is 18.9 Å². The van der Waals surface area contributed by atoms with E-state index in [-0.39, 0.29) is 30.5 Å². The van der Waals surface area contributed by atoms with Crippen LogP contribution in [0.3, 0.4) is 0 Å². The Balaban J connectivity index is 1.61. The molecule has 7 nitrogen and oxygen atoms in total. The summed E-state index contributed by atoms with van der Waals surface area (Å²) in [6.45, 7) is 1.76. The van der Waals surface area contributed by atoms with Gasteiger partial charge in [0.2, 0.25) is 11.8 Å². The zero-order valence-electron chi connectivity index (χ0n) is 13.8. The molecule has 10 heteroatoms. The Morgan fingerprint density at radius 3 is 2.73 bits per heavy atom. The quantitative estimate of drug-likeness (QED) is 0.733. The number of anilines is 1. The van der Waals surface area contributed by atoms with E-state index >= 15 is 0 Å². The van der Waals surface area contributed by atoms with Crippen molar-refractivity contribution in [3.8, 4) is 0 Å². The number of carbonyl (C=O) groups excluding carboxylic acids is 3. The van der Waals surface area contributed by atoms with E-state index in [9.17, 15) is 27.6 Å². The van der Waals surface area contributed by atoms with Crippen LogP contribution >= 0.6 is 0 Å². The number of alkyl halides is 3. The van der Waals surface area contributed by atoms with Crippen molar-refractivity contribution in [2.45, 2.75) is 37.6 Å². The van der Waals surface area contributed by atoms with Gasteiger partial charge in [-0.05, 0) is 31.5 Å². The van der Waals surface area contributed by atoms with Gasteiger partial charge in [-0.1, -0.05) is 6.07 Å². The molecule has 0 spiro atoms. The number of piperazine rings is 1. The topological polar surface area (TPSA) is 90.5 Å². The Kier molecular flexibility index (Phi) is 4.51. The minimum absolute atomic E-state index is 0.00418. The van der Waals surface area contributed by atoms with Crippen molar-refractivity contribution in [1.29, 1.82) is 0 Å². The zero-order chi connectivity index (χ0) is 19.1. The first-order valence-electron chi connectivity index (χ1n) is 8.01. The third kappa shape index (κ3) is 3.58. The molecule has 2 aliphatic rings. The third-order valence-corrected chi connectivity index (χ3v) is 4.40. The van der Waals surface area contributed by atoms with Crippen molar-refractivity contribution in [3.05, 3.63) is 29.8 Å². The number of fused-ring (bicyclic) bond motifs is 1. The summed E-state index contributed by atoms with van der Waals surface area (Å²) in [7, 11) is 0. The van der Waals surface area contributed by atoms with Gasteiger partial charge in [-0.3, -0.25) is 9.59 Å². The Bertz CT molecular complexity index is 753. The van der Waals surface area contributed by atoms with Crippen molar-refractivity contribution in [2.75, 3.05) is 11.9 Å². The van der Waals surface area contributed by atoms with E-state index in [0.717, 1.165) is 12.1 Å². The normalized spacial score (nSPS) is 25.5. The van der Waals surface area contributed by atoms with Crippen LogP contribution < -0.4 is 16.0 Å². The lowest BCUT2D eigenvalue weighted by molar-refractivity contribution is -0.146. The first kappa shape index (κ1) is 18.0. The van der Waals surface area contributed by atoms with Crippen molar-refractivity contribution in [1.82, 2.24) is 15.5 Å². The van der Waals surface area contributed by atoms with Crippen LogP contribution in [-0.4, -0.2) is 47.4 Å². The fourth-order valence-electron chi connectivity index (χ4n) is 3.18. The molecule has 4 amide bonds. The first-order valence-corrected chi connectivity index (χ1v) is 8.01. The van der Waals surface area contributed by atoms with Crippen molar-refractivity contribution < 1.29 is 27.6 Å². The van der Waals surface area contributed by atoms with Crippen LogP contribution in [0.4, 0.5) is 23.7 Å². The maximum Gasteiger partial charge on any atom is 0.416 e. The molecule has 3 atom stereocenters. The summed E-state index contributed by atoms with van der Waals surface area (Å²) in [5.74, 6) is -0.503. The second-order valence-corrected chi connectivity index (χ2v) is 6.35. The number of hydrogen-bond acceptors (Lipinski definition) is 3. The first-order chi connectivity index (χ1) is 12.1. The molecule has 1 aromatic rings. The van der Waals surface area contributed by atoms with E-state index in [4.69, 9.17) is 0 Å². The van der Waals surface area contributed by atoms with E-state index in [1.807, 2.05) is 0 Å². The van der Waals surface area contributed by atoms with Gasteiger partial charge in [-0.15, -0.1) is 0 Å². The molecule has 140 valence electrons. The van der Waals surface area contributed by atoms with Crippen LogP contribution in [0.15, 0.2) is 24.3 Å². The summed E-state index contributed by atoms with van der Waals surface area (Å²) in [5, 5.41) is 7.50.